The van der Waals surface area contributed by atoms with Crippen LogP contribution in [0.15, 0.2) is 77.8 Å². The van der Waals surface area contributed by atoms with Crippen molar-refractivity contribution >= 4 is 36.1 Å². The van der Waals surface area contributed by atoms with E-state index in [1.165, 1.54) is 0 Å². The first-order valence-electron chi connectivity index (χ1n) is 9.76. The normalized spacial score (nSPS) is 11.9. The fourth-order valence-corrected chi connectivity index (χ4v) is 4.12. The van der Waals surface area contributed by atoms with Crippen LogP contribution in [0.2, 0.25) is 0 Å². The summed E-state index contributed by atoms with van der Waals surface area (Å²) in [6.45, 7) is 5.47. The van der Waals surface area contributed by atoms with E-state index in [4.69, 9.17) is 14.0 Å². The van der Waals surface area contributed by atoms with Crippen LogP contribution in [0.3, 0.4) is 0 Å². The molecular formula is C23H27N2O2P. The zero-order valence-corrected chi connectivity index (χ0v) is 17.4. The number of para-hydroxylation sites is 1. The summed E-state index contributed by atoms with van der Waals surface area (Å²) >= 11 is 0. The van der Waals surface area contributed by atoms with Crippen molar-refractivity contribution in [2.24, 2.45) is 4.99 Å². The average Bonchev–Trinajstić information content (AvgIpc) is 2.74. The summed E-state index contributed by atoms with van der Waals surface area (Å²) in [6, 6.07) is 24.5. The molecule has 28 heavy (non-hydrogen) atoms. The summed E-state index contributed by atoms with van der Waals surface area (Å²) in [5, 5.41) is 5.71. The summed E-state index contributed by atoms with van der Waals surface area (Å²) < 4.78 is 12.1. The molecule has 0 aromatic heterocycles. The molecule has 146 valence electrons. The molecule has 0 aliphatic rings. The fourth-order valence-electron chi connectivity index (χ4n) is 2.69. The fraction of sp³-hybridized carbons (Fsp3) is 0.261. The van der Waals surface area contributed by atoms with E-state index >= 15 is 0 Å². The van der Waals surface area contributed by atoms with E-state index < -0.39 is 8.38 Å². The number of fused-ring (bicyclic) bond motifs is 1. The highest BCUT2D eigenvalue weighted by Gasteiger charge is 2.20. The number of nitrogens with one attached hydrogen (secondary N) is 1. The Hall–Kier alpha value is -2.26. The Labute approximate surface area is 168 Å². The van der Waals surface area contributed by atoms with Crippen molar-refractivity contribution in [3.05, 3.63) is 72.8 Å². The number of rotatable bonds is 9. The van der Waals surface area contributed by atoms with Gasteiger partial charge >= 0.3 is 0 Å². The molecule has 4 nitrogen and oxygen atoms in total. The number of amidine groups is 1. The number of anilines is 1. The second-order valence-corrected chi connectivity index (χ2v) is 7.80. The molecule has 0 spiro atoms. The van der Waals surface area contributed by atoms with Crippen LogP contribution < -0.4 is 5.32 Å². The maximum atomic E-state index is 6.06. The topological polar surface area (TPSA) is 42.9 Å². The van der Waals surface area contributed by atoms with Crippen LogP contribution in [0.25, 0.3) is 10.8 Å². The maximum Gasteiger partial charge on any atom is 0.243 e. The quantitative estimate of drug-likeness (QED) is 0.239. The molecule has 0 unspecified atom stereocenters. The molecule has 0 radical (unpaired) electrons. The minimum absolute atomic E-state index is 0.639. The van der Waals surface area contributed by atoms with E-state index in [0.29, 0.717) is 13.2 Å². The lowest BCUT2D eigenvalue weighted by atomic mass is 10.1. The van der Waals surface area contributed by atoms with Crippen LogP contribution in [-0.4, -0.2) is 18.8 Å². The largest absolute Gasteiger partial charge is 0.336 e. The van der Waals surface area contributed by atoms with Crippen molar-refractivity contribution < 1.29 is 9.05 Å². The molecule has 0 bridgehead atoms. The first-order valence-corrected chi connectivity index (χ1v) is 10.9. The molecule has 0 amide bonds. The Bertz CT molecular complexity index is 886. The molecule has 0 aliphatic carbocycles. The lowest BCUT2D eigenvalue weighted by molar-refractivity contribution is 0.259. The summed E-state index contributed by atoms with van der Waals surface area (Å²) in [4.78, 5) is 4.97. The molecule has 0 atom stereocenters. The summed E-state index contributed by atoms with van der Waals surface area (Å²) in [7, 11) is -1.30. The maximum absolute atomic E-state index is 6.06. The Morgan fingerprint density at radius 3 is 2.18 bits per heavy atom. The van der Waals surface area contributed by atoms with Gasteiger partial charge in [-0.15, -0.1) is 0 Å². The van der Waals surface area contributed by atoms with Crippen molar-refractivity contribution in [2.45, 2.75) is 26.7 Å². The van der Waals surface area contributed by atoms with Gasteiger partial charge in [0.25, 0.3) is 0 Å². The standard InChI is InChI=1S/C23H27N2O2P/c1-3-17-26-28(27-18-4-2)23(24-20-13-6-5-7-14-20)25-22-16-10-12-19-11-8-9-15-21(19)22/h5-16H,3-4,17-18H2,1-2H3,(H,24,25). The highest BCUT2D eigenvalue weighted by Crippen LogP contribution is 2.42. The van der Waals surface area contributed by atoms with Gasteiger partial charge in [-0.25, -0.2) is 4.99 Å². The lowest BCUT2D eigenvalue weighted by Crippen LogP contribution is -2.14. The Morgan fingerprint density at radius 2 is 1.46 bits per heavy atom. The third-order valence-corrected chi connectivity index (χ3v) is 5.41. The smallest absolute Gasteiger partial charge is 0.243 e. The SMILES string of the molecule is CCCOP(OCCC)C(=Nc1cccc2ccccc12)Nc1ccccc1. The number of benzene rings is 3. The minimum Gasteiger partial charge on any atom is -0.336 e. The van der Waals surface area contributed by atoms with Gasteiger partial charge < -0.3 is 14.4 Å². The van der Waals surface area contributed by atoms with E-state index in [1.54, 1.807) is 0 Å². The molecule has 0 heterocycles. The predicted molar refractivity (Wildman–Crippen MR) is 121 cm³/mol. The molecule has 0 fully saturated rings. The van der Waals surface area contributed by atoms with Crippen molar-refractivity contribution in [1.29, 1.82) is 0 Å². The molecule has 3 rings (SSSR count). The second kappa shape index (κ2) is 10.9. The summed E-state index contributed by atoms with van der Waals surface area (Å²) in [5.74, 6) is 0. The molecule has 5 heteroatoms. The van der Waals surface area contributed by atoms with Gasteiger partial charge in [-0.2, -0.15) is 0 Å². The first kappa shape index (κ1) is 20.5. The summed E-state index contributed by atoms with van der Waals surface area (Å²) in [5.41, 5.74) is 2.60. The highest BCUT2D eigenvalue weighted by atomic mass is 31.2. The molecule has 3 aromatic rings. The van der Waals surface area contributed by atoms with Crippen molar-refractivity contribution in [1.82, 2.24) is 0 Å². The molecule has 3 aromatic carbocycles. The first-order chi connectivity index (χ1) is 13.8. The average molecular weight is 394 g/mol. The van der Waals surface area contributed by atoms with Crippen molar-refractivity contribution in [3.63, 3.8) is 0 Å². The monoisotopic (exact) mass is 394 g/mol. The van der Waals surface area contributed by atoms with Gasteiger partial charge in [0.2, 0.25) is 8.38 Å². The van der Waals surface area contributed by atoms with Crippen LogP contribution in [0.1, 0.15) is 26.7 Å². The Balaban J connectivity index is 2.01. The highest BCUT2D eigenvalue weighted by molar-refractivity contribution is 7.67. The zero-order valence-electron chi connectivity index (χ0n) is 16.5. The van der Waals surface area contributed by atoms with Crippen LogP contribution in [0.4, 0.5) is 11.4 Å². The van der Waals surface area contributed by atoms with Crippen molar-refractivity contribution in [2.75, 3.05) is 18.5 Å². The van der Waals surface area contributed by atoms with Gasteiger partial charge in [0.15, 0.2) is 5.58 Å². The Kier molecular flexibility index (Phi) is 7.98. The molecule has 0 saturated carbocycles. The van der Waals surface area contributed by atoms with Gasteiger partial charge in [-0.3, -0.25) is 0 Å². The lowest BCUT2D eigenvalue weighted by Gasteiger charge is -2.20. The number of nitrogens with zero attached hydrogens (tertiary/aromatic N) is 1. The number of hydrogen-bond acceptors (Lipinski definition) is 3. The van der Waals surface area contributed by atoms with Gasteiger partial charge in [-0.05, 0) is 36.4 Å². The van der Waals surface area contributed by atoms with Crippen LogP contribution in [-0.2, 0) is 9.05 Å². The minimum atomic E-state index is -1.30. The van der Waals surface area contributed by atoms with Crippen molar-refractivity contribution in [3.8, 4) is 0 Å². The predicted octanol–water partition coefficient (Wildman–Crippen LogP) is 7.10. The third kappa shape index (κ3) is 5.62. The zero-order chi connectivity index (χ0) is 19.6. The van der Waals surface area contributed by atoms with E-state index in [0.717, 1.165) is 40.6 Å². The summed E-state index contributed by atoms with van der Waals surface area (Å²) in [6.07, 6.45) is 1.86. The molecule has 0 saturated heterocycles. The number of hydrogen-bond donors (Lipinski definition) is 1. The van der Waals surface area contributed by atoms with E-state index in [9.17, 15) is 0 Å². The molecular weight excluding hydrogens is 367 g/mol. The van der Waals surface area contributed by atoms with E-state index in [2.05, 4.69) is 37.4 Å². The van der Waals surface area contributed by atoms with Crippen LogP contribution in [0.5, 0.6) is 0 Å². The Morgan fingerprint density at radius 1 is 0.821 bits per heavy atom. The molecule has 1 N–H and O–H groups in total. The van der Waals surface area contributed by atoms with E-state index in [1.807, 2.05) is 54.6 Å². The number of aliphatic imine (C=N–C) groups is 1. The van der Waals surface area contributed by atoms with Crippen LogP contribution in [0, 0.1) is 0 Å². The van der Waals surface area contributed by atoms with Gasteiger partial charge in [0.1, 0.15) is 0 Å². The van der Waals surface area contributed by atoms with Gasteiger partial charge in [-0.1, -0.05) is 68.4 Å². The molecule has 0 aliphatic heterocycles. The second-order valence-electron chi connectivity index (χ2n) is 6.35. The van der Waals surface area contributed by atoms with E-state index in [-0.39, 0.29) is 0 Å². The van der Waals surface area contributed by atoms with Crippen LogP contribution >= 0.6 is 8.38 Å². The third-order valence-electron chi connectivity index (χ3n) is 4.02. The van der Waals surface area contributed by atoms with Gasteiger partial charge in [0, 0.05) is 11.1 Å². The van der Waals surface area contributed by atoms with Gasteiger partial charge in [0.05, 0.1) is 18.9 Å².